The van der Waals surface area contributed by atoms with Crippen molar-refractivity contribution in [3.8, 4) is 0 Å². The molecule has 0 aromatic rings. The molecule has 0 unspecified atom stereocenters. The quantitative estimate of drug-likeness (QED) is 0.0286. The number of nitrogens with one attached hydrogen (secondary N) is 6. The zero-order valence-corrected chi connectivity index (χ0v) is 27.0. The van der Waals surface area contributed by atoms with Crippen molar-refractivity contribution in [3.63, 3.8) is 0 Å². The second-order valence-corrected chi connectivity index (χ2v) is 10.5. The Bertz CT molecular complexity index is 1190. The van der Waals surface area contributed by atoms with Crippen LogP contribution in [0.5, 0.6) is 0 Å². The van der Waals surface area contributed by atoms with Crippen LogP contribution in [0.4, 0.5) is 0 Å². The maximum atomic E-state index is 13.2. The predicted molar refractivity (Wildman–Crippen MR) is 170 cm³/mol. The van der Waals surface area contributed by atoms with Crippen LogP contribution >= 0.6 is 0 Å². The number of hydrogen-bond donors (Lipinski definition) is 13. The van der Waals surface area contributed by atoms with Gasteiger partial charge < -0.3 is 70.2 Å². The molecular formula is C26H48N12O10. The Morgan fingerprint density at radius 3 is 1.29 bits per heavy atom. The van der Waals surface area contributed by atoms with Crippen molar-refractivity contribution in [1.82, 2.24) is 31.9 Å². The van der Waals surface area contributed by atoms with Crippen LogP contribution in [0.25, 0.3) is 0 Å². The number of guanidine groups is 2. The molecule has 0 radical (unpaired) electrons. The van der Waals surface area contributed by atoms with Crippen LogP contribution in [0.15, 0.2) is 9.98 Å². The highest BCUT2D eigenvalue weighted by atomic mass is 16.4. The molecule has 6 atom stereocenters. The minimum absolute atomic E-state index is 0.0584. The van der Waals surface area contributed by atoms with Gasteiger partial charge in [0, 0.05) is 20.0 Å². The number of rotatable bonds is 22. The van der Waals surface area contributed by atoms with E-state index in [1.807, 2.05) is 0 Å². The first kappa shape index (κ1) is 42.8. The standard InChI is InChI=1S/C26H48N12O10/c1-12(19(42)34-13(2)24(47)48)33-20(43)15(6-4-8-31-25(27)28)36-23(46)18(11-40)38-21(44)16(7-5-9-32-26(29)30)37-22(45)17(10-39)35-14(3)41/h12-13,15-18,39-40H,4-11H2,1-3H3,(H,33,43)(H,34,42)(H,35,41)(H,36,46)(H,37,45)(H,38,44)(H,47,48)(H4,27,28,31)(H4,29,30,32)/t12-,13-,15-,16-,17-,18-/m0/s1. The molecule has 0 aromatic carbocycles. The average molecular weight is 689 g/mol. The molecule has 0 saturated carbocycles. The molecule has 0 rings (SSSR count). The Kier molecular flexibility index (Phi) is 19.9. The van der Waals surface area contributed by atoms with Crippen molar-refractivity contribution in [2.45, 2.75) is 82.7 Å². The lowest BCUT2D eigenvalue weighted by molar-refractivity contribution is -0.141. The Hall–Kier alpha value is -5.25. The lowest BCUT2D eigenvalue weighted by Crippen LogP contribution is -2.60. The maximum absolute atomic E-state index is 13.2. The summed E-state index contributed by atoms with van der Waals surface area (Å²) in [4.78, 5) is 94.5. The number of carbonyl (C=O) groups excluding carboxylic acids is 6. The van der Waals surface area contributed by atoms with Gasteiger partial charge in [0.15, 0.2) is 11.9 Å². The summed E-state index contributed by atoms with van der Waals surface area (Å²) in [5, 5.41) is 42.3. The molecule has 0 aliphatic heterocycles. The Morgan fingerprint density at radius 2 is 0.917 bits per heavy atom. The van der Waals surface area contributed by atoms with Crippen LogP contribution in [0.1, 0.15) is 46.5 Å². The van der Waals surface area contributed by atoms with Crippen LogP contribution in [-0.4, -0.2) is 131 Å². The van der Waals surface area contributed by atoms with Gasteiger partial charge in [-0.05, 0) is 39.5 Å². The number of aliphatic hydroxyl groups is 2. The van der Waals surface area contributed by atoms with Crippen molar-refractivity contribution < 1.29 is 48.9 Å². The summed E-state index contributed by atoms with van der Waals surface area (Å²) in [7, 11) is 0. The number of amides is 6. The highest BCUT2D eigenvalue weighted by Crippen LogP contribution is 2.04. The zero-order chi connectivity index (χ0) is 37.0. The molecule has 272 valence electrons. The van der Waals surface area contributed by atoms with Crippen molar-refractivity contribution in [1.29, 1.82) is 0 Å². The average Bonchev–Trinajstić information content (AvgIpc) is 3.00. The number of nitrogens with zero attached hydrogens (tertiary/aromatic N) is 2. The van der Waals surface area contributed by atoms with Crippen molar-refractivity contribution >= 4 is 53.3 Å². The van der Waals surface area contributed by atoms with Gasteiger partial charge in [-0.3, -0.25) is 43.5 Å². The first-order valence-corrected chi connectivity index (χ1v) is 14.8. The van der Waals surface area contributed by atoms with Gasteiger partial charge in [-0.25, -0.2) is 0 Å². The fraction of sp³-hybridized carbons (Fsp3) is 0.654. The lowest BCUT2D eigenvalue weighted by atomic mass is 10.1. The van der Waals surface area contributed by atoms with E-state index in [0.29, 0.717) is 0 Å². The number of nitrogens with two attached hydrogens (primary N) is 4. The SMILES string of the molecule is CC(=O)N[C@@H](CO)C(=O)N[C@@H](CCCN=C(N)N)C(=O)N[C@@H](CO)C(=O)N[C@@H](CCCN=C(N)N)C(=O)N[C@@H](C)C(=O)N[C@@H](C)C(=O)O. The van der Waals surface area contributed by atoms with Crippen LogP contribution in [-0.2, 0) is 33.6 Å². The first-order chi connectivity index (χ1) is 22.4. The normalized spacial score (nSPS) is 14.3. The fourth-order valence-electron chi connectivity index (χ4n) is 3.77. The van der Waals surface area contributed by atoms with Gasteiger partial charge in [0.1, 0.15) is 36.3 Å². The first-order valence-electron chi connectivity index (χ1n) is 14.8. The number of carbonyl (C=O) groups is 7. The fourth-order valence-corrected chi connectivity index (χ4v) is 3.77. The zero-order valence-electron chi connectivity index (χ0n) is 27.0. The summed E-state index contributed by atoms with van der Waals surface area (Å²) >= 11 is 0. The second-order valence-electron chi connectivity index (χ2n) is 10.5. The van der Waals surface area contributed by atoms with Gasteiger partial charge >= 0.3 is 5.97 Å². The largest absolute Gasteiger partial charge is 0.480 e. The topological polar surface area (TPSA) is 381 Å². The number of carboxylic acid groups (broad SMARTS) is 1. The Balaban J connectivity index is 5.89. The summed E-state index contributed by atoms with van der Waals surface area (Å²) in [5.74, 6) is -6.95. The van der Waals surface area contributed by atoms with E-state index in [-0.39, 0.29) is 50.7 Å². The van der Waals surface area contributed by atoms with Crippen LogP contribution in [0, 0.1) is 0 Å². The van der Waals surface area contributed by atoms with E-state index in [1.165, 1.54) is 13.8 Å². The molecule has 0 heterocycles. The second kappa shape index (κ2) is 22.3. The minimum Gasteiger partial charge on any atom is -0.480 e. The number of carboxylic acids is 1. The van der Waals surface area contributed by atoms with E-state index in [1.54, 1.807) is 0 Å². The molecule has 0 saturated heterocycles. The lowest BCUT2D eigenvalue weighted by Gasteiger charge is -2.26. The van der Waals surface area contributed by atoms with Crippen LogP contribution in [0.2, 0.25) is 0 Å². The van der Waals surface area contributed by atoms with E-state index < -0.39 is 90.9 Å². The van der Waals surface area contributed by atoms with Gasteiger partial charge in [0.2, 0.25) is 35.4 Å². The highest BCUT2D eigenvalue weighted by Gasteiger charge is 2.31. The van der Waals surface area contributed by atoms with Crippen molar-refractivity contribution in [2.24, 2.45) is 32.9 Å². The molecule has 17 N–H and O–H groups in total. The molecule has 0 fully saturated rings. The van der Waals surface area contributed by atoms with E-state index >= 15 is 0 Å². The smallest absolute Gasteiger partial charge is 0.325 e. The monoisotopic (exact) mass is 688 g/mol. The summed E-state index contributed by atoms with van der Waals surface area (Å²) < 4.78 is 0. The highest BCUT2D eigenvalue weighted by molar-refractivity contribution is 5.96. The maximum Gasteiger partial charge on any atom is 0.325 e. The van der Waals surface area contributed by atoms with Gasteiger partial charge in [0.05, 0.1) is 13.2 Å². The third-order valence-corrected chi connectivity index (χ3v) is 6.33. The molecule has 0 aromatic heterocycles. The van der Waals surface area contributed by atoms with Gasteiger partial charge in [0.25, 0.3) is 0 Å². The molecule has 48 heavy (non-hydrogen) atoms. The molecule has 0 aliphatic rings. The molecule has 22 nitrogen and oxygen atoms in total. The van der Waals surface area contributed by atoms with Gasteiger partial charge in [-0.15, -0.1) is 0 Å². The third kappa shape index (κ3) is 17.4. The molecule has 0 aliphatic carbocycles. The Morgan fingerprint density at radius 1 is 0.562 bits per heavy atom. The van der Waals surface area contributed by atoms with E-state index in [2.05, 4.69) is 41.9 Å². The minimum atomic E-state index is -1.65. The predicted octanol–water partition coefficient (Wildman–Crippen LogP) is -6.87. The molecule has 6 amide bonds. The number of aliphatic imine (C=N–C) groups is 2. The van der Waals surface area contributed by atoms with Crippen LogP contribution < -0.4 is 54.8 Å². The van der Waals surface area contributed by atoms with E-state index in [0.717, 1.165) is 6.92 Å². The summed E-state index contributed by atoms with van der Waals surface area (Å²) in [6.45, 7) is 1.99. The van der Waals surface area contributed by atoms with Gasteiger partial charge in [-0.1, -0.05) is 0 Å². The summed E-state index contributed by atoms with van der Waals surface area (Å²) in [6.07, 6.45) is 0.163. The summed E-state index contributed by atoms with van der Waals surface area (Å²) in [6, 6.07) is -8.23. The Labute approximate surface area is 276 Å². The molecular weight excluding hydrogens is 640 g/mol. The number of aliphatic carboxylic acids is 1. The third-order valence-electron chi connectivity index (χ3n) is 6.33. The van der Waals surface area contributed by atoms with Crippen molar-refractivity contribution in [2.75, 3.05) is 26.3 Å². The number of hydrogen-bond acceptors (Lipinski definition) is 11. The van der Waals surface area contributed by atoms with Crippen molar-refractivity contribution in [3.05, 3.63) is 0 Å². The molecule has 22 heteroatoms. The number of aliphatic hydroxyl groups excluding tert-OH is 2. The van der Waals surface area contributed by atoms with E-state index in [9.17, 15) is 43.8 Å². The molecule has 0 bridgehead atoms. The van der Waals surface area contributed by atoms with Gasteiger partial charge in [-0.2, -0.15) is 0 Å². The summed E-state index contributed by atoms with van der Waals surface area (Å²) in [5.41, 5.74) is 21.2. The molecule has 0 spiro atoms. The van der Waals surface area contributed by atoms with E-state index in [4.69, 9.17) is 28.0 Å². The van der Waals surface area contributed by atoms with Crippen LogP contribution in [0.3, 0.4) is 0 Å².